The second-order valence-electron chi connectivity index (χ2n) is 6.94. The molecule has 2 aromatic rings. The van der Waals surface area contributed by atoms with Crippen molar-refractivity contribution in [3.8, 4) is 0 Å². The van der Waals surface area contributed by atoms with Gasteiger partial charge in [-0.25, -0.2) is 19.6 Å². The highest BCUT2D eigenvalue weighted by Crippen LogP contribution is 2.19. The van der Waals surface area contributed by atoms with Crippen LogP contribution in [0.15, 0.2) is 60.7 Å². The minimum atomic E-state index is -1.58. The highest BCUT2D eigenvalue weighted by atomic mass is 16.5. The quantitative estimate of drug-likeness (QED) is 0.390. The standard InChI is InChI=1S/C22H25N3O7/c1-32-21(29)18(12-15-8-4-2-5-9-15)25(20(28)17(23)13-19(26)27)24(22(30)31)14-16-10-6-3-7-11-16/h2-11,17-18H,12-14,23H2,1H3,(H,26,27)(H,30,31)/t17-,18-/m0/s1. The molecular weight excluding hydrogens is 418 g/mol. The lowest BCUT2D eigenvalue weighted by Crippen LogP contribution is -2.61. The van der Waals surface area contributed by atoms with Gasteiger partial charge in [-0.05, 0) is 11.1 Å². The number of rotatable bonds is 9. The van der Waals surface area contributed by atoms with E-state index in [0.29, 0.717) is 21.1 Å². The van der Waals surface area contributed by atoms with Crippen molar-refractivity contribution in [1.82, 2.24) is 10.0 Å². The molecule has 2 amide bonds. The number of hydrazine groups is 1. The maximum absolute atomic E-state index is 13.2. The summed E-state index contributed by atoms with van der Waals surface area (Å²) in [6.45, 7) is -0.274. The summed E-state index contributed by atoms with van der Waals surface area (Å²) in [5.41, 5.74) is 6.96. The fraction of sp³-hybridized carbons (Fsp3) is 0.273. The number of esters is 1. The molecule has 0 aliphatic heterocycles. The molecule has 2 aromatic carbocycles. The van der Waals surface area contributed by atoms with E-state index < -0.39 is 42.4 Å². The van der Waals surface area contributed by atoms with E-state index in [9.17, 15) is 24.3 Å². The Hall–Kier alpha value is -3.92. The SMILES string of the molecule is COC(=O)[C@H](Cc1ccccc1)N(C(=O)[C@@H](N)CC(=O)O)N(Cc1ccccc1)C(=O)O. The Morgan fingerprint density at radius 1 is 0.938 bits per heavy atom. The van der Waals surface area contributed by atoms with E-state index in [-0.39, 0.29) is 13.0 Å². The lowest BCUT2D eigenvalue weighted by atomic mass is 10.0. The third-order valence-corrected chi connectivity index (χ3v) is 4.63. The number of carbonyl (C=O) groups is 4. The van der Waals surface area contributed by atoms with Gasteiger partial charge in [0.1, 0.15) is 0 Å². The molecule has 0 heterocycles. The summed E-state index contributed by atoms with van der Waals surface area (Å²) in [5, 5.41) is 20.3. The second kappa shape index (κ2) is 11.5. The van der Waals surface area contributed by atoms with Crippen molar-refractivity contribution in [2.24, 2.45) is 5.73 Å². The highest BCUT2D eigenvalue weighted by Gasteiger charge is 2.40. The van der Waals surface area contributed by atoms with E-state index in [0.717, 1.165) is 7.11 Å². The summed E-state index contributed by atoms with van der Waals surface area (Å²) in [4.78, 5) is 49.2. The van der Waals surface area contributed by atoms with E-state index in [1.807, 2.05) is 0 Å². The number of benzene rings is 2. The lowest BCUT2D eigenvalue weighted by Gasteiger charge is -2.38. The van der Waals surface area contributed by atoms with Crippen molar-refractivity contribution in [2.75, 3.05) is 7.11 Å². The average molecular weight is 443 g/mol. The number of aliphatic carboxylic acids is 1. The Kier molecular flexibility index (Phi) is 8.72. The number of nitrogens with zero attached hydrogens (tertiary/aromatic N) is 2. The number of nitrogens with two attached hydrogens (primary N) is 1. The van der Waals surface area contributed by atoms with Crippen LogP contribution in [0.5, 0.6) is 0 Å². The molecule has 0 bridgehead atoms. The van der Waals surface area contributed by atoms with Crippen LogP contribution in [-0.4, -0.2) is 63.4 Å². The number of ether oxygens (including phenoxy) is 1. The highest BCUT2D eigenvalue weighted by molar-refractivity contribution is 5.91. The number of carboxylic acids is 1. The summed E-state index contributed by atoms with van der Waals surface area (Å²) in [6.07, 6.45) is -2.34. The van der Waals surface area contributed by atoms with Crippen molar-refractivity contribution in [2.45, 2.75) is 31.5 Å². The predicted molar refractivity (Wildman–Crippen MR) is 113 cm³/mol. The van der Waals surface area contributed by atoms with Gasteiger partial charge in [-0.3, -0.25) is 9.59 Å². The Bertz CT molecular complexity index is 937. The van der Waals surface area contributed by atoms with E-state index in [4.69, 9.17) is 15.6 Å². The minimum absolute atomic E-state index is 0.0718. The largest absolute Gasteiger partial charge is 0.481 e. The molecule has 0 saturated heterocycles. The molecule has 4 N–H and O–H groups in total. The maximum atomic E-state index is 13.2. The van der Waals surface area contributed by atoms with Crippen LogP contribution >= 0.6 is 0 Å². The molecule has 2 rings (SSSR count). The molecule has 0 unspecified atom stereocenters. The van der Waals surface area contributed by atoms with Gasteiger partial charge in [-0.1, -0.05) is 60.7 Å². The Morgan fingerprint density at radius 2 is 1.47 bits per heavy atom. The predicted octanol–water partition coefficient (Wildman–Crippen LogP) is 1.50. The zero-order chi connectivity index (χ0) is 23.7. The molecule has 170 valence electrons. The first-order valence-corrected chi connectivity index (χ1v) is 9.71. The molecule has 10 heteroatoms. The molecule has 0 saturated carbocycles. The molecular formula is C22H25N3O7. The zero-order valence-electron chi connectivity index (χ0n) is 17.5. The molecule has 0 spiro atoms. The normalized spacial score (nSPS) is 12.3. The van der Waals surface area contributed by atoms with Gasteiger partial charge in [0.2, 0.25) is 0 Å². The van der Waals surface area contributed by atoms with Gasteiger partial charge in [-0.15, -0.1) is 0 Å². The van der Waals surface area contributed by atoms with Crippen LogP contribution in [0.2, 0.25) is 0 Å². The van der Waals surface area contributed by atoms with Crippen LogP contribution in [0.4, 0.5) is 4.79 Å². The summed E-state index contributed by atoms with van der Waals surface area (Å²) in [7, 11) is 1.11. The fourth-order valence-corrected chi connectivity index (χ4v) is 3.12. The number of carboxylic acid groups (broad SMARTS) is 2. The smallest absolute Gasteiger partial charge is 0.426 e. The molecule has 32 heavy (non-hydrogen) atoms. The number of amides is 2. The Morgan fingerprint density at radius 3 is 1.94 bits per heavy atom. The van der Waals surface area contributed by atoms with Gasteiger partial charge >= 0.3 is 18.0 Å². The first-order chi connectivity index (χ1) is 15.2. The van der Waals surface area contributed by atoms with Crippen LogP contribution in [0.25, 0.3) is 0 Å². The summed E-state index contributed by atoms with van der Waals surface area (Å²) in [6, 6.07) is 14.1. The fourth-order valence-electron chi connectivity index (χ4n) is 3.12. The number of carbonyl (C=O) groups excluding carboxylic acids is 2. The van der Waals surface area contributed by atoms with Crippen molar-refractivity contribution >= 4 is 23.9 Å². The molecule has 0 radical (unpaired) electrons. The molecule has 0 aromatic heterocycles. The van der Waals surface area contributed by atoms with Crippen LogP contribution in [0, 0.1) is 0 Å². The number of methoxy groups -OCH3 is 1. The summed E-state index contributed by atoms with van der Waals surface area (Å²) < 4.78 is 4.85. The maximum Gasteiger partial charge on any atom is 0.426 e. The Balaban J connectivity index is 2.53. The van der Waals surface area contributed by atoms with Crippen LogP contribution < -0.4 is 5.73 Å². The second-order valence-corrected chi connectivity index (χ2v) is 6.94. The van der Waals surface area contributed by atoms with E-state index in [2.05, 4.69) is 0 Å². The molecule has 0 aliphatic rings. The van der Waals surface area contributed by atoms with Crippen LogP contribution in [0.3, 0.4) is 0 Å². The first kappa shape index (κ1) is 24.4. The van der Waals surface area contributed by atoms with E-state index >= 15 is 0 Å². The van der Waals surface area contributed by atoms with Gasteiger partial charge in [-0.2, -0.15) is 0 Å². The molecule has 0 fully saturated rings. The van der Waals surface area contributed by atoms with Crippen molar-refractivity contribution in [3.63, 3.8) is 0 Å². The summed E-state index contributed by atoms with van der Waals surface area (Å²) in [5.74, 6) is -3.24. The van der Waals surface area contributed by atoms with Crippen molar-refractivity contribution in [1.29, 1.82) is 0 Å². The Labute approximate surface area is 184 Å². The molecule has 0 aliphatic carbocycles. The third-order valence-electron chi connectivity index (χ3n) is 4.63. The number of hydrogen-bond donors (Lipinski definition) is 3. The van der Waals surface area contributed by atoms with Crippen molar-refractivity contribution in [3.05, 3.63) is 71.8 Å². The van der Waals surface area contributed by atoms with Crippen LogP contribution in [0.1, 0.15) is 17.5 Å². The molecule has 2 atom stereocenters. The van der Waals surface area contributed by atoms with E-state index in [1.165, 1.54) is 0 Å². The minimum Gasteiger partial charge on any atom is -0.481 e. The third kappa shape index (κ3) is 6.54. The van der Waals surface area contributed by atoms with Gasteiger partial charge in [0.15, 0.2) is 6.04 Å². The van der Waals surface area contributed by atoms with Crippen molar-refractivity contribution < 1.29 is 34.1 Å². The van der Waals surface area contributed by atoms with E-state index in [1.54, 1.807) is 60.7 Å². The van der Waals surface area contributed by atoms with Gasteiger partial charge in [0.25, 0.3) is 5.91 Å². The van der Waals surface area contributed by atoms with Gasteiger partial charge < -0.3 is 20.7 Å². The lowest BCUT2D eigenvalue weighted by molar-refractivity contribution is -0.169. The van der Waals surface area contributed by atoms with Gasteiger partial charge in [0, 0.05) is 6.42 Å². The average Bonchev–Trinajstić information content (AvgIpc) is 2.78. The van der Waals surface area contributed by atoms with Crippen LogP contribution in [-0.2, 0) is 32.1 Å². The topological polar surface area (TPSA) is 150 Å². The zero-order valence-corrected chi connectivity index (χ0v) is 17.5. The number of hydrogen-bond acceptors (Lipinski definition) is 6. The monoisotopic (exact) mass is 443 g/mol. The summed E-state index contributed by atoms with van der Waals surface area (Å²) >= 11 is 0. The molecule has 10 nitrogen and oxygen atoms in total. The van der Waals surface area contributed by atoms with Gasteiger partial charge in [0.05, 0.1) is 26.1 Å². The first-order valence-electron chi connectivity index (χ1n) is 9.71.